The number of hydrogen-bond donors (Lipinski definition) is 0. The van der Waals surface area contributed by atoms with Crippen LogP contribution >= 0.6 is 0 Å². The van der Waals surface area contributed by atoms with Crippen LogP contribution in [0.2, 0.25) is 0 Å². The van der Waals surface area contributed by atoms with Crippen LogP contribution < -0.4 is 0 Å². The average Bonchev–Trinajstić information content (AvgIpc) is 3.96. The van der Waals surface area contributed by atoms with Crippen LogP contribution in [0.1, 0.15) is 0 Å². The molecule has 6 heteroatoms. The summed E-state index contributed by atoms with van der Waals surface area (Å²) in [7, 11) is 0. The van der Waals surface area contributed by atoms with Crippen LogP contribution in [0.15, 0.2) is 170 Å². The van der Waals surface area contributed by atoms with Crippen LogP contribution in [-0.2, 0) is 0 Å². The van der Waals surface area contributed by atoms with Crippen molar-refractivity contribution in [3.05, 3.63) is 170 Å². The van der Waals surface area contributed by atoms with Gasteiger partial charge in [-0.1, -0.05) is 84.9 Å². The van der Waals surface area contributed by atoms with Crippen molar-refractivity contribution in [2.75, 3.05) is 0 Å². The molecule has 0 radical (unpaired) electrons. The molecule has 6 aromatic carbocycles. The number of rotatable bonds is 4. The highest BCUT2D eigenvalue weighted by Gasteiger charge is 2.21. The van der Waals surface area contributed by atoms with Crippen molar-refractivity contribution >= 4 is 65.4 Å². The average molecular weight is 641 g/mol. The van der Waals surface area contributed by atoms with Gasteiger partial charge in [-0.3, -0.25) is 4.57 Å². The van der Waals surface area contributed by atoms with Gasteiger partial charge in [-0.2, -0.15) is 0 Å². The smallest absolute Gasteiger partial charge is 0.234 e. The normalized spacial score (nSPS) is 12.0. The van der Waals surface area contributed by atoms with Gasteiger partial charge in [0.05, 0.1) is 51.2 Å². The van der Waals surface area contributed by atoms with Crippen molar-refractivity contribution in [3.63, 3.8) is 0 Å². The first-order valence-corrected chi connectivity index (χ1v) is 16.8. The molecule has 50 heavy (non-hydrogen) atoms. The van der Waals surface area contributed by atoms with Crippen molar-refractivity contribution in [3.8, 4) is 23.0 Å². The maximum Gasteiger partial charge on any atom is 0.234 e. The first kappa shape index (κ1) is 27.1. The fraction of sp³-hybridized carbons (Fsp3) is 0. The Morgan fingerprint density at radius 1 is 0.360 bits per heavy atom. The van der Waals surface area contributed by atoms with Crippen LogP contribution in [0.25, 0.3) is 88.4 Å². The molecule has 0 aliphatic carbocycles. The Labute approximate surface area is 286 Å². The maximum absolute atomic E-state index is 5.08. The highest BCUT2D eigenvalue weighted by molar-refractivity contribution is 6.22. The van der Waals surface area contributed by atoms with Crippen molar-refractivity contribution in [1.29, 1.82) is 0 Å². The van der Waals surface area contributed by atoms with Crippen molar-refractivity contribution in [2.45, 2.75) is 0 Å². The third-order valence-electron chi connectivity index (χ3n) is 10.1. The zero-order valence-electron chi connectivity index (χ0n) is 26.8. The van der Waals surface area contributed by atoms with Crippen LogP contribution in [0, 0.1) is 0 Å². The van der Waals surface area contributed by atoms with Gasteiger partial charge in [0.1, 0.15) is 0 Å². The molecule has 0 bridgehead atoms. The number of aromatic nitrogens is 6. The summed E-state index contributed by atoms with van der Waals surface area (Å²) in [6, 6.07) is 51.5. The molecule has 234 valence electrons. The number of hydrogen-bond acceptors (Lipinski definition) is 2. The van der Waals surface area contributed by atoms with E-state index in [1.54, 1.807) is 0 Å². The van der Waals surface area contributed by atoms with Crippen LogP contribution in [0.5, 0.6) is 0 Å². The Hall–Kier alpha value is -6.92. The Morgan fingerprint density at radius 3 is 1.36 bits per heavy atom. The molecule has 5 aromatic heterocycles. The summed E-state index contributed by atoms with van der Waals surface area (Å²) in [5, 5.41) is 7.16. The van der Waals surface area contributed by atoms with Gasteiger partial charge in [0, 0.05) is 56.1 Å². The number of para-hydroxylation sites is 4. The van der Waals surface area contributed by atoms with Gasteiger partial charge in [-0.15, -0.1) is 0 Å². The number of fused-ring (bicyclic) bond motifs is 10. The number of benzene rings is 6. The molecule has 0 saturated heterocycles. The molecule has 0 N–H and O–H groups in total. The topological polar surface area (TPSA) is 45.5 Å². The minimum Gasteiger partial charge on any atom is -0.316 e. The molecular formula is C44H28N6. The van der Waals surface area contributed by atoms with E-state index in [9.17, 15) is 0 Å². The van der Waals surface area contributed by atoms with Crippen molar-refractivity contribution in [1.82, 2.24) is 28.2 Å². The molecule has 0 spiro atoms. The SMILES string of the molecule is c1ccc(-n2ccc3ccc4c(c5ccccc5n4-c4cnc(-n5c6ccccc6c6c7c(ccc65)ccn7-c5ccccc5)nc4)c32)cc1. The summed E-state index contributed by atoms with van der Waals surface area (Å²) in [5.41, 5.74) is 9.94. The Balaban J connectivity index is 1.13. The molecule has 0 fully saturated rings. The van der Waals surface area contributed by atoms with E-state index in [2.05, 4.69) is 176 Å². The summed E-state index contributed by atoms with van der Waals surface area (Å²) in [5.74, 6) is 0.637. The third-order valence-corrected chi connectivity index (χ3v) is 10.1. The lowest BCUT2D eigenvalue weighted by atomic mass is 10.1. The fourth-order valence-corrected chi connectivity index (χ4v) is 8.01. The Morgan fingerprint density at radius 2 is 0.820 bits per heavy atom. The second-order valence-electron chi connectivity index (χ2n) is 12.8. The van der Waals surface area contributed by atoms with Gasteiger partial charge in [-0.05, 0) is 60.7 Å². The van der Waals surface area contributed by atoms with Crippen molar-refractivity contribution < 1.29 is 0 Å². The quantitative estimate of drug-likeness (QED) is 0.192. The fourth-order valence-electron chi connectivity index (χ4n) is 8.01. The standard InChI is InChI=1S/C44H28N6/c1-3-11-31(12-4-1)47-25-23-29-19-21-38-40(42(29)47)34-15-7-9-17-36(34)49(38)33-27-45-44(46-28-33)50-37-18-10-8-16-35(37)41-39(50)22-20-30-24-26-48(43(30)41)32-13-5-2-6-14-32/h1-28H. The molecule has 0 amide bonds. The lowest BCUT2D eigenvalue weighted by Gasteiger charge is -2.10. The van der Waals surface area contributed by atoms with E-state index in [4.69, 9.17) is 9.97 Å². The highest BCUT2D eigenvalue weighted by atomic mass is 15.2. The largest absolute Gasteiger partial charge is 0.316 e. The molecule has 6 nitrogen and oxygen atoms in total. The third kappa shape index (κ3) is 3.73. The van der Waals surface area contributed by atoms with E-state index < -0.39 is 0 Å². The van der Waals surface area contributed by atoms with Crippen LogP contribution in [0.3, 0.4) is 0 Å². The first-order chi connectivity index (χ1) is 24.8. The van der Waals surface area contributed by atoms with Crippen LogP contribution in [0.4, 0.5) is 0 Å². The first-order valence-electron chi connectivity index (χ1n) is 16.8. The lowest BCUT2D eigenvalue weighted by Crippen LogP contribution is -2.03. The molecule has 0 aliphatic heterocycles. The molecule has 0 saturated carbocycles. The van der Waals surface area contributed by atoms with Gasteiger partial charge in [0.25, 0.3) is 0 Å². The summed E-state index contributed by atoms with van der Waals surface area (Å²) in [6.45, 7) is 0. The van der Waals surface area contributed by atoms with Gasteiger partial charge < -0.3 is 13.7 Å². The summed E-state index contributed by atoms with van der Waals surface area (Å²) < 4.78 is 9.06. The maximum atomic E-state index is 5.08. The highest BCUT2D eigenvalue weighted by Crippen LogP contribution is 2.40. The van der Waals surface area contributed by atoms with Gasteiger partial charge in [-0.25, -0.2) is 9.97 Å². The van der Waals surface area contributed by atoms with E-state index in [0.717, 1.165) is 39.1 Å². The molecule has 5 heterocycles. The van der Waals surface area contributed by atoms with Crippen molar-refractivity contribution in [2.24, 2.45) is 0 Å². The predicted molar refractivity (Wildman–Crippen MR) is 204 cm³/mol. The van der Waals surface area contributed by atoms with E-state index in [1.165, 1.54) is 43.4 Å². The number of nitrogens with zero attached hydrogens (tertiary/aromatic N) is 6. The van der Waals surface area contributed by atoms with E-state index in [1.807, 2.05) is 12.4 Å². The molecule has 11 aromatic rings. The molecule has 11 rings (SSSR count). The second-order valence-corrected chi connectivity index (χ2v) is 12.8. The Bertz CT molecular complexity index is 2860. The van der Waals surface area contributed by atoms with E-state index in [0.29, 0.717) is 5.95 Å². The van der Waals surface area contributed by atoms with Gasteiger partial charge >= 0.3 is 0 Å². The van der Waals surface area contributed by atoms with E-state index in [-0.39, 0.29) is 0 Å². The van der Waals surface area contributed by atoms with Gasteiger partial charge in [0.2, 0.25) is 5.95 Å². The summed E-state index contributed by atoms with van der Waals surface area (Å²) in [4.78, 5) is 10.2. The zero-order chi connectivity index (χ0) is 32.8. The second kappa shape index (κ2) is 10.3. The molecular weight excluding hydrogens is 613 g/mol. The molecule has 0 aliphatic rings. The lowest BCUT2D eigenvalue weighted by molar-refractivity contribution is 0.968. The monoisotopic (exact) mass is 640 g/mol. The summed E-state index contributed by atoms with van der Waals surface area (Å²) in [6.07, 6.45) is 8.24. The van der Waals surface area contributed by atoms with E-state index >= 15 is 0 Å². The summed E-state index contributed by atoms with van der Waals surface area (Å²) >= 11 is 0. The Kier molecular flexibility index (Phi) is 5.57. The molecule has 0 unspecified atom stereocenters. The minimum absolute atomic E-state index is 0.637. The predicted octanol–water partition coefficient (Wildman–Crippen LogP) is 10.6. The molecule has 0 atom stereocenters. The van der Waals surface area contributed by atoms with Crippen LogP contribution in [-0.4, -0.2) is 28.2 Å². The zero-order valence-corrected chi connectivity index (χ0v) is 26.8. The minimum atomic E-state index is 0.637. The van der Waals surface area contributed by atoms with Gasteiger partial charge in [0.15, 0.2) is 0 Å².